The minimum Gasteiger partial charge on any atom is -0.398 e. The predicted molar refractivity (Wildman–Crippen MR) is 214 cm³/mol. The summed E-state index contributed by atoms with van der Waals surface area (Å²) in [6, 6.07) is 62.3. The van der Waals surface area contributed by atoms with Crippen molar-refractivity contribution in [3.8, 4) is 22.3 Å². The van der Waals surface area contributed by atoms with Gasteiger partial charge in [0.1, 0.15) is 0 Å². The Kier molecular flexibility index (Phi) is 7.26. The van der Waals surface area contributed by atoms with Crippen LogP contribution in [-0.2, 0) is 5.41 Å². The second-order valence-corrected chi connectivity index (χ2v) is 13.5. The third-order valence-corrected chi connectivity index (χ3v) is 10.7. The number of fused-ring (bicyclic) bond motifs is 14. The van der Waals surface area contributed by atoms with Gasteiger partial charge in [-0.3, -0.25) is 0 Å². The minimum absolute atomic E-state index is 0.295. The lowest BCUT2D eigenvalue weighted by molar-refractivity contribution is 0.794. The number of nitrogens with two attached hydrogens (primary N) is 1. The average molecular weight is 653 g/mol. The number of nitrogens with one attached hydrogen (secondary N) is 1. The van der Waals surface area contributed by atoms with E-state index in [1.165, 1.54) is 71.6 Å². The molecule has 0 aromatic heterocycles. The van der Waals surface area contributed by atoms with E-state index in [9.17, 15) is 0 Å². The minimum atomic E-state index is -0.295. The molecule has 0 bridgehead atoms. The number of allylic oxidation sites excluding steroid dienone is 1. The van der Waals surface area contributed by atoms with Crippen LogP contribution in [0.5, 0.6) is 0 Å². The Labute approximate surface area is 298 Å². The van der Waals surface area contributed by atoms with Crippen LogP contribution in [0, 0.1) is 12.3 Å². The zero-order valence-electron chi connectivity index (χ0n) is 28.4. The Morgan fingerprint density at radius 2 is 1.00 bits per heavy atom. The molecule has 0 saturated heterocycles. The van der Waals surface area contributed by atoms with E-state index >= 15 is 0 Å². The van der Waals surface area contributed by atoms with Gasteiger partial charge in [0.15, 0.2) is 0 Å². The van der Waals surface area contributed by atoms with Gasteiger partial charge in [0, 0.05) is 5.70 Å². The fourth-order valence-corrected chi connectivity index (χ4v) is 8.51. The largest absolute Gasteiger partial charge is 0.398 e. The van der Waals surface area contributed by atoms with Crippen molar-refractivity contribution in [2.75, 3.05) is 0 Å². The number of rotatable bonds is 3. The van der Waals surface area contributed by atoms with Gasteiger partial charge in [-0.15, -0.1) is 0 Å². The molecule has 2 aliphatic carbocycles. The third-order valence-electron chi connectivity index (χ3n) is 10.7. The van der Waals surface area contributed by atoms with Crippen molar-refractivity contribution in [1.29, 1.82) is 5.41 Å². The molecule has 8 aromatic carbocycles. The van der Waals surface area contributed by atoms with E-state index in [4.69, 9.17) is 11.1 Å². The zero-order chi connectivity index (χ0) is 34.5. The second kappa shape index (κ2) is 12.1. The quantitative estimate of drug-likeness (QED) is 0.183. The average Bonchev–Trinajstić information content (AvgIpc) is 3.66. The van der Waals surface area contributed by atoms with Gasteiger partial charge in [-0.1, -0.05) is 176 Å². The lowest BCUT2D eigenvalue weighted by atomic mass is 9.70. The van der Waals surface area contributed by atoms with E-state index in [-0.39, 0.29) is 5.41 Å². The van der Waals surface area contributed by atoms with Gasteiger partial charge in [0.05, 0.1) is 11.1 Å². The number of hydrogen-bond donors (Lipinski definition) is 2. The van der Waals surface area contributed by atoms with Crippen LogP contribution < -0.4 is 5.73 Å². The van der Waals surface area contributed by atoms with Crippen LogP contribution in [-0.4, -0.2) is 5.71 Å². The SMILES string of the molecule is Cc1cc2c(c3ccccc13)-c1c(ccc3ccccc13)C21c2ccccc2-c2ccccc21.N=C(/C=C(\N)c1ccccc1)c1ccccc1. The molecular formula is C49H36N2. The lowest BCUT2D eigenvalue weighted by Gasteiger charge is -2.31. The highest BCUT2D eigenvalue weighted by atomic mass is 14.6. The smallest absolute Gasteiger partial charge is 0.0726 e. The maximum Gasteiger partial charge on any atom is 0.0726 e. The summed E-state index contributed by atoms with van der Waals surface area (Å²) >= 11 is 0. The fourth-order valence-electron chi connectivity index (χ4n) is 8.51. The molecular weight excluding hydrogens is 617 g/mol. The maximum absolute atomic E-state index is 7.95. The number of hydrogen-bond acceptors (Lipinski definition) is 2. The highest BCUT2D eigenvalue weighted by Crippen LogP contribution is 2.64. The first-order chi connectivity index (χ1) is 25.1. The van der Waals surface area contributed by atoms with Crippen LogP contribution in [0.3, 0.4) is 0 Å². The van der Waals surface area contributed by atoms with Crippen LogP contribution in [0.25, 0.3) is 49.5 Å². The van der Waals surface area contributed by atoms with E-state index in [1.54, 1.807) is 6.08 Å². The predicted octanol–water partition coefficient (Wildman–Crippen LogP) is 11.7. The highest BCUT2D eigenvalue weighted by molar-refractivity contribution is 6.14. The summed E-state index contributed by atoms with van der Waals surface area (Å²) in [5.41, 5.74) is 21.0. The molecule has 0 aliphatic heterocycles. The molecule has 3 N–H and O–H groups in total. The van der Waals surface area contributed by atoms with Crippen molar-refractivity contribution in [2.24, 2.45) is 5.73 Å². The molecule has 0 fully saturated rings. The standard InChI is InChI=1S/C34H22.C15H14N2/c1-21-20-31-33(27-15-5-4-11-23(21)27)32-24-12-3-2-10-22(24)18-19-30(32)34(31)28-16-8-6-13-25(28)26-14-7-9-17-29(26)34;16-14(12-7-3-1-4-8-12)11-15(17)13-9-5-2-6-10-13/h2-20H,1H3;1-11,16H,17H2/b;15-11-,16-14?. The van der Waals surface area contributed by atoms with Crippen LogP contribution in [0.4, 0.5) is 0 Å². The van der Waals surface area contributed by atoms with Gasteiger partial charge in [-0.25, -0.2) is 0 Å². The monoisotopic (exact) mass is 652 g/mol. The Hall–Kier alpha value is -6.51. The molecule has 0 amide bonds. The molecule has 2 nitrogen and oxygen atoms in total. The summed E-state index contributed by atoms with van der Waals surface area (Å²) in [5, 5.41) is 13.3. The van der Waals surface area contributed by atoms with E-state index in [0.29, 0.717) is 11.4 Å². The number of aryl methyl sites for hydroxylation is 1. The van der Waals surface area contributed by atoms with Gasteiger partial charge in [0.25, 0.3) is 0 Å². The van der Waals surface area contributed by atoms with Crippen molar-refractivity contribution in [2.45, 2.75) is 12.3 Å². The van der Waals surface area contributed by atoms with Gasteiger partial charge < -0.3 is 11.1 Å². The lowest BCUT2D eigenvalue weighted by Crippen LogP contribution is -2.26. The van der Waals surface area contributed by atoms with E-state index < -0.39 is 0 Å². The summed E-state index contributed by atoms with van der Waals surface area (Å²) in [6.45, 7) is 2.27. The third kappa shape index (κ3) is 4.68. The second-order valence-electron chi connectivity index (χ2n) is 13.5. The topological polar surface area (TPSA) is 49.9 Å². The summed E-state index contributed by atoms with van der Waals surface area (Å²) in [7, 11) is 0. The summed E-state index contributed by atoms with van der Waals surface area (Å²) < 4.78 is 0. The molecule has 0 heterocycles. The molecule has 8 aromatic rings. The molecule has 1 spiro atoms. The van der Waals surface area contributed by atoms with Gasteiger partial charge >= 0.3 is 0 Å². The molecule has 0 atom stereocenters. The molecule has 2 aliphatic rings. The summed E-state index contributed by atoms with van der Waals surface area (Å²) in [6.07, 6.45) is 1.69. The van der Waals surface area contributed by atoms with Crippen LogP contribution in [0.2, 0.25) is 0 Å². The van der Waals surface area contributed by atoms with E-state index in [0.717, 1.165) is 11.1 Å². The summed E-state index contributed by atoms with van der Waals surface area (Å²) in [4.78, 5) is 0. The van der Waals surface area contributed by atoms with Crippen LogP contribution in [0.1, 0.15) is 38.9 Å². The number of benzene rings is 8. The Morgan fingerprint density at radius 3 is 1.67 bits per heavy atom. The van der Waals surface area contributed by atoms with Crippen molar-refractivity contribution >= 4 is 33.0 Å². The molecule has 0 saturated carbocycles. The van der Waals surface area contributed by atoms with Crippen molar-refractivity contribution < 1.29 is 0 Å². The Morgan fingerprint density at radius 1 is 0.490 bits per heavy atom. The molecule has 10 rings (SSSR count). The molecule has 51 heavy (non-hydrogen) atoms. The van der Waals surface area contributed by atoms with Crippen molar-refractivity contribution in [3.05, 3.63) is 221 Å². The van der Waals surface area contributed by atoms with Crippen molar-refractivity contribution in [1.82, 2.24) is 0 Å². The Bertz CT molecular complexity index is 2620. The van der Waals surface area contributed by atoms with Gasteiger partial charge in [-0.05, 0) is 95.7 Å². The van der Waals surface area contributed by atoms with Crippen LogP contribution in [0.15, 0.2) is 182 Å². The fraction of sp³-hybridized carbons (Fsp3) is 0.0408. The molecule has 0 unspecified atom stereocenters. The zero-order valence-corrected chi connectivity index (χ0v) is 28.4. The van der Waals surface area contributed by atoms with E-state index in [1.807, 2.05) is 60.7 Å². The molecule has 0 radical (unpaired) electrons. The summed E-state index contributed by atoms with van der Waals surface area (Å²) in [5.74, 6) is 0. The molecule has 242 valence electrons. The van der Waals surface area contributed by atoms with Gasteiger partial charge in [0.2, 0.25) is 0 Å². The van der Waals surface area contributed by atoms with Gasteiger partial charge in [-0.2, -0.15) is 0 Å². The highest BCUT2D eigenvalue weighted by Gasteiger charge is 2.52. The normalized spacial score (nSPS) is 13.2. The van der Waals surface area contributed by atoms with E-state index in [2.05, 4.69) is 122 Å². The van der Waals surface area contributed by atoms with Crippen LogP contribution >= 0.6 is 0 Å². The van der Waals surface area contributed by atoms with Crippen molar-refractivity contribution in [3.63, 3.8) is 0 Å². The molecule has 2 heteroatoms. The first kappa shape index (κ1) is 30.5. The maximum atomic E-state index is 7.95. The Balaban J connectivity index is 0.000000174. The first-order valence-corrected chi connectivity index (χ1v) is 17.5. The first-order valence-electron chi connectivity index (χ1n) is 17.5.